The summed E-state index contributed by atoms with van der Waals surface area (Å²) in [6.45, 7) is 1.27. The molecule has 2 fully saturated rings. The summed E-state index contributed by atoms with van der Waals surface area (Å²) < 4.78 is 5.26. The van der Waals surface area contributed by atoms with Crippen LogP contribution in [0.1, 0.15) is 32.1 Å². The van der Waals surface area contributed by atoms with Crippen LogP contribution in [0, 0.1) is 22.7 Å². The molecule has 2 rings (SSSR count). The van der Waals surface area contributed by atoms with E-state index < -0.39 is 5.41 Å². The minimum Gasteiger partial charge on any atom is -0.381 e. The maximum Gasteiger partial charge on any atom is 0.137 e. The Bertz CT molecular complexity index is 274. The van der Waals surface area contributed by atoms with Gasteiger partial charge in [0.15, 0.2) is 0 Å². The summed E-state index contributed by atoms with van der Waals surface area (Å²) >= 11 is 0. The molecule has 0 spiro atoms. The van der Waals surface area contributed by atoms with Gasteiger partial charge < -0.3 is 4.74 Å². The van der Waals surface area contributed by atoms with Gasteiger partial charge in [0.05, 0.1) is 11.5 Å². The Morgan fingerprint density at radius 1 is 1.43 bits per heavy atom. The molecule has 0 aromatic rings. The molecule has 0 radical (unpaired) electrons. The number of Topliss-reactive ketones (excluding diaryl/α,β-unsaturated/α-hetero) is 1. The molecule has 1 aliphatic carbocycles. The summed E-state index contributed by atoms with van der Waals surface area (Å²) in [5.74, 6) is 0.296. The molecule has 1 saturated heterocycles. The maximum atomic E-state index is 11.6. The van der Waals surface area contributed by atoms with E-state index in [1.165, 1.54) is 0 Å². The van der Waals surface area contributed by atoms with Gasteiger partial charge in [-0.15, -0.1) is 0 Å². The second-order valence-electron chi connectivity index (χ2n) is 4.29. The number of ether oxygens (including phenoxy) is 1. The zero-order valence-electron chi connectivity index (χ0n) is 8.29. The van der Waals surface area contributed by atoms with Gasteiger partial charge in [-0.05, 0) is 25.7 Å². The molecule has 1 heterocycles. The predicted octanol–water partition coefficient (Wildman–Crippen LogP) is 1.68. The van der Waals surface area contributed by atoms with Crippen LogP contribution in [0.25, 0.3) is 0 Å². The maximum absolute atomic E-state index is 11.6. The van der Waals surface area contributed by atoms with Gasteiger partial charge in [0.1, 0.15) is 5.78 Å². The Hall–Kier alpha value is -0.880. The zero-order valence-corrected chi connectivity index (χ0v) is 8.29. The van der Waals surface area contributed by atoms with E-state index in [1.807, 2.05) is 0 Å². The van der Waals surface area contributed by atoms with Crippen LogP contribution in [0.15, 0.2) is 0 Å². The van der Waals surface area contributed by atoms with Crippen molar-refractivity contribution in [2.24, 2.45) is 11.3 Å². The molecule has 2 aliphatic rings. The molecule has 3 nitrogen and oxygen atoms in total. The number of carbonyl (C=O) groups excluding carboxylic acids is 1. The molecule has 0 aromatic heterocycles. The molecule has 0 aromatic carbocycles. The highest BCUT2D eigenvalue weighted by Gasteiger charge is 2.45. The molecule has 3 heteroatoms. The van der Waals surface area contributed by atoms with Crippen molar-refractivity contribution in [3.63, 3.8) is 0 Å². The summed E-state index contributed by atoms with van der Waals surface area (Å²) in [5, 5.41) is 9.26. The van der Waals surface area contributed by atoms with Gasteiger partial charge in [-0.2, -0.15) is 5.26 Å². The van der Waals surface area contributed by atoms with Gasteiger partial charge in [0.25, 0.3) is 0 Å². The first-order valence-corrected chi connectivity index (χ1v) is 5.30. The summed E-state index contributed by atoms with van der Waals surface area (Å²) in [5.41, 5.74) is -0.397. The van der Waals surface area contributed by atoms with Crippen LogP contribution in [0.3, 0.4) is 0 Å². The first kappa shape index (κ1) is 9.67. The normalized spacial score (nSPS) is 31.4. The Morgan fingerprint density at radius 3 is 2.64 bits per heavy atom. The molecule has 0 N–H and O–H groups in total. The minimum absolute atomic E-state index is 0.00333. The van der Waals surface area contributed by atoms with Crippen LogP contribution in [0.5, 0.6) is 0 Å². The zero-order chi connectivity index (χ0) is 10.0. The minimum atomic E-state index is -0.397. The highest BCUT2D eigenvalue weighted by Crippen LogP contribution is 2.44. The van der Waals surface area contributed by atoms with Crippen molar-refractivity contribution in [2.45, 2.75) is 32.1 Å². The fourth-order valence-electron chi connectivity index (χ4n) is 2.67. The van der Waals surface area contributed by atoms with Crippen molar-refractivity contribution in [3.8, 4) is 6.07 Å². The van der Waals surface area contributed by atoms with Crippen LogP contribution >= 0.6 is 0 Å². The van der Waals surface area contributed by atoms with Crippen molar-refractivity contribution in [3.05, 3.63) is 0 Å². The van der Waals surface area contributed by atoms with Crippen LogP contribution in [0.2, 0.25) is 0 Å². The molecular formula is C11H15NO2. The molecule has 1 atom stereocenters. The topological polar surface area (TPSA) is 50.1 Å². The molecule has 76 valence electrons. The fourth-order valence-corrected chi connectivity index (χ4v) is 2.67. The van der Waals surface area contributed by atoms with Gasteiger partial charge in [-0.1, -0.05) is 0 Å². The van der Waals surface area contributed by atoms with Gasteiger partial charge in [-0.3, -0.25) is 4.79 Å². The molecule has 0 amide bonds. The van der Waals surface area contributed by atoms with E-state index in [0.29, 0.717) is 25.4 Å². The monoisotopic (exact) mass is 193 g/mol. The lowest BCUT2D eigenvalue weighted by atomic mass is 9.70. The van der Waals surface area contributed by atoms with Crippen molar-refractivity contribution in [1.29, 1.82) is 5.26 Å². The number of hydrogen-bond acceptors (Lipinski definition) is 3. The van der Waals surface area contributed by atoms with Crippen molar-refractivity contribution in [1.82, 2.24) is 0 Å². The highest BCUT2D eigenvalue weighted by molar-refractivity contribution is 5.84. The van der Waals surface area contributed by atoms with Gasteiger partial charge in [0, 0.05) is 25.6 Å². The Labute approximate surface area is 84.0 Å². The van der Waals surface area contributed by atoms with E-state index in [1.54, 1.807) is 0 Å². The number of rotatable bonds is 1. The van der Waals surface area contributed by atoms with Crippen LogP contribution in [0.4, 0.5) is 0 Å². The van der Waals surface area contributed by atoms with Crippen LogP contribution in [-0.2, 0) is 9.53 Å². The second-order valence-corrected chi connectivity index (χ2v) is 4.29. The van der Waals surface area contributed by atoms with Crippen molar-refractivity contribution >= 4 is 5.78 Å². The van der Waals surface area contributed by atoms with E-state index in [4.69, 9.17) is 4.74 Å². The number of nitrogens with zero attached hydrogens (tertiary/aromatic N) is 1. The Balaban J connectivity index is 2.18. The summed E-state index contributed by atoms with van der Waals surface area (Å²) in [4.78, 5) is 11.6. The lowest BCUT2D eigenvalue weighted by Crippen LogP contribution is -2.37. The first-order valence-electron chi connectivity index (χ1n) is 5.30. The predicted molar refractivity (Wildman–Crippen MR) is 50.4 cm³/mol. The molecular weight excluding hydrogens is 178 g/mol. The lowest BCUT2D eigenvalue weighted by molar-refractivity contribution is -0.125. The number of hydrogen-bond donors (Lipinski definition) is 0. The van der Waals surface area contributed by atoms with E-state index in [-0.39, 0.29) is 5.92 Å². The van der Waals surface area contributed by atoms with Crippen LogP contribution in [-0.4, -0.2) is 19.0 Å². The average Bonchev–Trinajstić information content (AvgIpc) is 2.66. The number of carbonyl (C=O) groups is 1. The lowest BCUT2D eigenvalue weighted by Gasteiger charge is -2.34. The molecule has 1 saturated carbocycles. The average molecular weight is 193 g/mol. The van der Waals surface area contributed by atoms with E-state index in [0.717, 1.165) is 25.7 Å². The molecule has 14 heavy (non-hydrogen) atoms. The second kappa shape index (κ2) is 3.70. The van der Waals surface area contributed by atoms with Gasteiger partial charge >= 0.3 is 0 Å². The third-order valence-corrected chi connectivity index (χ3v) is 3.58. The molecule has 0 unspecified atom stereocenters. The number of ketones is 1. The van der Waals surface area contributed by atoms with E-state index in [2.05, 4.69) is 6.07 Å². The summed E-state index contributed by atoms with van der Waals surface area (Å²) in [7, 11) is 0. The van der Waals surface area contributed by atoms with Crippen LogP contribution < -0.4 is 0 Å². The quantitative estimate of drug-likeness (QED) is 0.636. The van der Waals surface area contributed by atoms with E-state index in [9.17, 15) is 10.1 Å². The molecule has 0 bridgehead atoms. The standard InChI is InChI=1S/C11H15NO2/c12-8-11(4-6-14-7-5-11)9-2-1-3-10(9)13/h9H,1-7H2/t9-/m0/s1. The first-order chi connectivity index (χ1) is 6.78. The number of nitriles is 1. The summed E-state index contributed by atoms with van der Waals surface area (Å²) in [6.07, 6.45) is 4.02. The third-order valence-electron chi connectivity index (χ3n) is 3.58. The van der Waals surface area contributed by atoms with Gasteiger partial charge in [-0.25, -0.2) is 0 Å². The third kappa shape index (κ3) is 1.44. The highest BCUT2D eigenvalue weighted by atomic mass is 16.5. The smallest absolute Gasteiger partial charge is 0.137 e. The Morgan fingerprint density at radius 2 is 2.14 bits per heavy atom. The largest absolute Gasteiger partial charge is 0.381 e. The van der Waals surface area contributed by atoms with Crippen molar-refractivity contribution in [2.75, 3.05) is 13.2 Å². The molecule has 1 aliphatic heterocycles. The van der Waals surface area contributed by atoms with Gasteiger partial charge in [0.2, 0.25) is 0 Å². The SMILES string of the molecule is N#CC1([C@H]2CCCC2=O)CCOCC1. The Kier molecular flexibility index (Phi) is 2.56. The van der Waals surface area contributed by atoms with E-state index >= 15 is 0 Å². The van der Waals surface area contributed by atoms with Crippen molar-refractivity contribution < 1.29 is 9.53 Å². The fraction of sp³-hybridized carbons (Fsp3) is 0.818. The summed E-state index contributed by atoms with van der Waals surface area (Å²) in [6, 6.07) is 2.39.